The Hall–Kier alpha value is -3.02. The van der Waals surface area contributed by atoms with Gasteiger partial charge in [0.25, 0.3) is 0 Å². The summed E-state index contributed by atoms with van der Waals surface area (Å²) in [5, 5.41) is 3.83. The van der Waals surface area contributed by atoms with E-state index in [1.54, 1.807) is 20.1 Å². The number of benzene rings is 2. The first-order valence-corrected chi connectivity index (χ1v) is 7.99. The number of methoxy groups -OCH3 is 1. The molecule has 1 atom stereocenters. The van der Waals surface area contributed by atoms with Gasteiger partial charge in [0.1, 0.15) is 6.10 Å². The number of carbonyl (C=O) groups is 1. The van der Waals surface area contributed by atoms with Crippen molar-refractivity contribution in [1.82, 2.24) is 5.43 Å². The van der Waals surface area contributed by atoms with E-state index in [0.29, 0.717) is 18.1 Å². The summed E-state index contributed by atoms with van der Waals surface area (Å²) in [6.07, 6.45) is 0.798. The molecule has 132 valence electrons. The highest BCUT2D eigenvalue weighted by molar-refractivity contribution is 5.82. The Balaban J connectivity index is 2.06. The molecular weight excluding hydrogens is 320 g/mol. The lowest BCUT2D eigenvalue weighted by Gasteiger charge is -2.17. The molecule has 0 saturated heterocycles. The van der Waals surface area contributed by atoms with E-state index in [1.165, 1.54) is 6.21 Å². The Morgan fingerprint density at radius 2 is 1.96 bits per heavy atom. The largest absolute Gasteiger partial charge is 0.493 e. The van der Waals surface area contributed by atoms with Crippen LogP contribution in [0.25, 0.3) is 0 Å². The van der Waals surface area contributed by atoms with Gasteiger partial charge < -0.3 is 14.2 Å². The third-order valence-electron chi connectivity index (χ3n) is 3.41. The van der Waals surface area contributed by atoms with Crippen molar-refractivity contribution in [3.63, 3.8) is 0 Å². The molecule has 0 aliphatic rings. The van der Waals surface area contributed by atoms with Crippen LogP contribution in [0.4, 0.5) is 4.79 Å². The topological polar surface area (TPSA) is 69.2 Å². The second-order valence-electron chi connectivity index (χ2n) is 5.17. The molecule has 0 saturated carbocycles. The zero-order valence-electron chi connectivity index (χ0n) is 14.6. The molecule has 0 heterocycles. The zero-order valence-corrected chi connectivity index (χ0v) is 14.6. The Morgan fingerprint density at radius 3 is 2.64 bits per heavy atom. The summed E-state index contributed by atoms with van der Waals surface area (Å²) in [5.74, 6) is 1.22. The maximum absolute atomic E-state index is 11.2. The third-order valence-corrected chi connectivity index (χ3v) is 3.41. The van der Waals surface area contributed by atoms with Gasteiger partial charge in [-0.05, 0) is 43.2 Å². The number of nitrogens with one attached hydrogen (secondary N) is 1. The highest BCUT2D eigenvalue weighted by Crippen LogP contribution is 2.31. The number of ether oxygens (including phenoxy) is 3. The van der Waals surface area contributed by atoms with Crippen molar-refractivity contribution in [1.29, 1.82) is 0 Å². The van der Waals surface area contributed by atoms with Crippen LogP contribution in [0.1, 0.15) is 31.1 Å². The molecule has 1 N–H and O–H groups in total. The molecule has 0 fully saturated rings. The third kappa shape index (κ3) is 5.53. The van der Waals surface area contributed by atoms with Gasteiger partial charge >= 0.3 is 6.09 Å². The number of carbonyl (C=O) groups excluding carboxylic acids is 1. The van der Waals surface area contributed by atoms with E-state index in [9.17, 15) is 4.79 Å². The van der Waals surface area contributed by atoms with Gasteiger partial charge in [-0.2, -0.15) is 5.10 Å². The van der Waals surface area contributed by atoms with Crippen LogP contribution in [0.2, 0.25) is 0 Å². The van der Waals surface area contributed by atoms with Crippen molar-refractivity contribution < 1.29 is 19.0 Å². The van der Waals surface area contributed by atoms with E-state index >= 15 is 0 Å². The van der Waals surface area contributed by atoms with Gasteiger partial charge in [-0.15, -0.1) is 0 Å². The number of nitrogens with zero attached hydrogens (tertiary/aromatic N) is 1. The van der Waals surface area contributed by atoms with Gasteiger partial charge in [0.2, 0.25) is 0 Å². The molecular formula is C19H22N2O4. The van der Waals surface area contributed by atoms with E-state index in [0.717, 1.165) is 11.1 Å². The molecule has 1 unspecified atom stereocenters. The highest BCUT2D eigenvalue weighted by Gasteiger charge is 2.11. The van der Waals surface area contributed by atoms with Crippen molar-refractivity contribution in [2.24, 2.45) is 5.10 Å². The summed E-state index contributed by atoms with van der Waals surface area (Å²) in [6, 6.07) is 15.4. The Labute approximate surface area is 147 Å². The molecule has 2 aromatic carbocycles. The van der Waals surface area contributed by atoms with Crippen LogP contribution in [0, 0.1) is 0 Å². The van der Waals surface area contributed by atoms with Crippen LogP contribution in [0.3, 0.4) is 0 Å². The smallest absolute Gasteiger partial charge is 0.427 e. The van der Waals surface area contributed by atoms with Crippen LogP contribution in [0.5, 0.6) is 11.5 Å². The number of hydrazone groups is 1. The van der Waals surface area contributed by atoms with E-state index in [4.69, 9.17) is 14.2 Å². The first kappa shape index (κ1) is 18.3. The summed E-state index contributed by atoms with van der Waals surface area (Å²) in [5.41, 5.74) is 4.11. The predicted octanol–water partition coefficient (Wildman–Crippen LogP) is 3.92. The second-order valence-corrected chi connectivity index (χ2v) is 5.17. The Kier molecular flexibility index (Phi) is 6.83. The number of hydrogen-bond donors (Lipinski definition) is 1. The van der Waals surface area contributed by atoms with Crippen molar-refractivity contribution in [2.75, 3.05) is 13.7 Å². The molecule has 0 aromatic heterocycles. The summed E-state index contributed by atoms with van der Waals surface area (Å²) >= 11 is 0. The fourth-order valence-corrected chi connectivity index (χ4v) is 2.17. The molecule has 2 rings (SSSR count). The average molecular weight is 342 g/mol. The second kappa shape index (κ2) is 9.32. The van der Waals surface area contributed by atoms with Gasteiger partial charge in [-0.3, -0.25) is 0 Å². The fourth-order valence-electron chi connectivity index (χ4n) is 2.17. The number of hydrogen-bond acceptors (Lipinski definition) is 5. The quantitative estimate of drug-likeness (QED) is 0.612. The lowest BCUT2D eigenvalue weighted by molar-refractivity contribution is 0.152. The van der Waals surface area contributed by atoms with Crippen LogP contribution in [0.15, 0.2) is 53.6 Å². The summed E-state index contributed by atoms with van der Waals surface area (Å²) in [4.78, 5) is 11.2. The van der Waals surface area contributed by atoms with E-state index in [-0.39, 0.29) is 6.10 Å². The van der Waals surface area contributed by atoms with Crippen molar-refractivity contribution in [3.8, 4) is 11.5 Å². The van der Waals surface area contributed by atoms with Gasteiger partial charge in [0.05, 0.1) is 19.9 Å². The molecule has 0 radical (unpaired) electrons. The predicted molar refractivity (Wildman–Crippen MR) is 96.2 cm³/mol. The summed E-state index contributed by atoms with van der Waals surface area (Å²) in [7, 11) is 1.58. The Bertz CT molecular complexity index is 717. The Morgan fingerprint density at radius 1 is 1.20 bits per heavy atom. The summed E-state index contributed by atoms with van der Waals surface area (Å²) < 4.78 is 16.1. The lowest BCUT2D eigenvalue weighted by Crippen LogP contribution is -2.18. The molecule has 0 aliphatic heterocycles. The maximum Gasteiger partial charge on any atom is 0.427 e. The van der Waals surface area contributed by atoms with Crippen molar-refractivity contribution in [2.45, 2.75) is 20.0 Å². The molecule has 0 spiro atoms. The molecule has 0 bridgehead atoms. The van der Waals surface area contributed by atoms with Gasteiger partial charge in [-0.1, -0.05) is 30.3 Å². The van der Waals surface area contributed by atoms with Gasteiger partial charge in [0.15, 0.2) is 11.5 Å². The highest BCUT2D eigenvalue weighted by atomic mass is 16.5. The van der Waals surface area contributed by atoms with E-state index in [1.807, 2.05) is 49.4 Å². The lowest BCUT2D eigenvalue weighted by atomic mass is 10.1. The SMILES string of the molecule is CCOC(=O)N/N=C/c1ccc(OC(C)c2ccccc2)c(OC)c1. The zero-order chi connectivity index (χ0) is 18.1. The minimum Gasteiger partial charge on any atom is -0.493 e. The van der Waals surface area contributed by atoms with Crippen LogP contribution < -0.4 is 14.9 Å². The summed E-state index contributed by atoms with van der Waals surface area (Å²) in [6.45, 7) is 4.00. The minimum absolute atomic E-state index is 0.111. The molecule has 2 aromatic rings. The van der Waals surface area contributed by atoms with Gasteiger partial charge in [0, 0.05) is 0 Å². The number of amides is 1. The van der Waals surface area contributed by atoms with Crippen LogP contribution in [-0.2, 0) is 4.74 Å². The number of rotatable bonds is 7. The normalized spacial score (nSPS) is 11.8. The molecule has 1 amide bonds. The first-order chi connectivity index (χ1) is 12.1. The maximum atomic E-state index is 11.2. The van der Waals surface area contributed by atoms with Crippen LogP contribution >= 0.6 is 0 Å². The average Bonchev–Trinajstić information content (AvgIpc) is 2.63. The minimum atomic E-state index is -0.595. The van der Waals surface area contributed by atoms with Crippen molar-refractivity contribution >= 4 is 12.3 Å². The van der Waals surface area contributed by atoms with Gasteiger partial charge in [-0.25, -0.2) is 10.2 Å². The molecule has 0 aliphatic carbocycles. The van der Waals surface area contributed by atoms with Crippen molar-refractivity contribution in [3.05, 3.63) is 59.7 Å². The first-order valence-electron chi connectivity index (χ1n) is 7.99. The van der Waals surface area contributed by atoms with Crippen LogP contribution in [-0.4, -0.2) is 26.0 Å². The fraction of sp³-hybridized carbons (Fsp3) is 0.263. The molecule has 6 nitrogen and oxygen atoms in total. The standard InChI is InChI=1S/C19H22N2O4/c1-4-24-19(22)21-20-13-15-10-11-17(18(12-15)23-3)25-14(2)16-8-6-5-7-9-16/h5-14H,4H2,1-3H3,(H,21,22)/b20-13+. The molecule has 6 heteroatoms. The monoisotopic (exact) mass is 342 g/mol. The molecule has 25 heavy (non-hydrogen) atoms. The van der Waals surface area contributed by atoms with E-state index < -0.39 is 6.09 Å². The van der Waals surface area contributed by atoms with E-state index in [2.05, 4.69) is 10.5 Å².